The zero-order valence-electron chi connectivity index (χ0n) is 20.6. The number of hydrogen-bond acceptors (Lipinski definition) is 11. The molecule has 0 fully saturated rings. The summed E-state index contributed by atoms with van der Waals surface area (Å²) in [6, 6.07) is 0. The summed E-state index contributed by atoms with van der Waals surface area (Å²) in [5.41, 5.74) is 10.5. The molecule has 192 valence electrons. The Kier molecular flexibility index (Phi) is 9.94. The van der Waals surface area contributed by atoms with Gasteiger partial charge in [0.05, 0.1) is 61.9 Å². The zero-order chi connectivity index (χ0) is 25.9. The maximum atomic E-state index is 8.62. The fourth-order valence-corrected chi connectivity index (χ4v) is 3.18. The summed E-state index contributed by atoms with van der Waals surface area (Å²) in [6.45, 7) is 7.02. The molecule has 4 aromatic rings. The predicted octanol–water partition coefficient (Wildman–Crippen LogP) is 1.12. The third-order valence-electron chi connectivity index (χ3n) is 4.87. The van der Waals surface area contributed by atoms with Gasteiger partial charge in [0.25, 0.3) is 0 Å². The van der Waals surface area contributed by atoms with Crippen molar-refractivity contribution in [2.24, 2.45) is 0 Å². The van der Waals surface area contributed by atoms with Crippen LogP contribution in [0, 0.1) is 20.8 Å². The monoisotopic (exact) mass is 497 g/mol. The van der Waals surface area contributed by atoms with E-state index in [2.05, 4.69) is 29.9 Å². The molecule has 13 nitrogen and oxygen atoms in total. The van der Waals surface area contributed by atoms with Crippen LogP contribution in [0.4, 0.5) is 5.95 Å². The zero-order valence-corrected chi connectivity index (χ0v) is 20.6. The van der Waals surface area contributed by atoms with Crippen LogP contribution in [-0.2, 0) is 22.9 Å². The van der Waals surface area contributed by atoms with Crippen LogP contribution in [0.15, 0.2) is 37.4 Å². The van der Waals surface area contributed by atoms with E-state index in [0.717, 1.165) is 39.7 Å². The summed E-state index contributed by atoms with van der Waals surface area (Å²) in [4.78, 5) is 25.1. The van der Waals surface area contributed by atoms with Crippen LogP contribution < -0.4 is 5.73 Å². The third-order valence-corrected chi connectivity index (χ3v) is 4.87. The van der Waals surface area contributed by atoms with E-state index in [4.69, 9.17) is 25.4 Å². The number of ether oxygens (including phenoxy) is 2. The Morgan fingerprint density at radius 2 is 1.25 bits per heavy atom. The number of nitrogens with two attached hydrogens (primary N) is 1. The van der Waals surface area contributed by atoms with Crippen LogP contribution >= 0.6 is 0 Å². The molecule has 4 rings (SSSR count). The molecule has 0 aliphatic rings. The average Bonchev–Trinajstić information content (AvgIpc) is 3.50. The van der Waals surface area contributed by atoms with E-state index in [1.54, 1.807) is 29.6 Å². The fourth-order valence-electron chi connectivity index (χ4n) is 3.18. The second-order valence-electron chi connectivity index (χ2n) is 7.71. The lowest BCUT2D eigenvalue weighted by atomic mass is 10.2. The molecule has 4 N–H and O–H groups in total. The average molecular weight is 498 g/mol. The first-order valence-electron chi connectivity index (χ1n) is 11.2. The topological polar surface area (TPSA) is 172 Å². The van der Waals surface area contributed by atoms with Gasteiger partial charge in [0.2, 0.25) is 5.95 Å². The first-order valence-corrected chi connectivity index (χ1v) is 11.2. The second kappa shape index (κ2) is 13.3. The summed E-state index contributed by atoms with van der Waals surface area (Å²) in [5.74, 6) is 1.00. The largest absolute Gasteiger partial charge is 0.394 e. The van der Waals surface area contributed by atoms with Gasteiger partial charge in [-0.05, 0) is 20.8 Å². The van der Waals surface area contributed by atoms with Crippen LogP contribution in [0.5, 0.6) is 0 Å². The van der Waals surface area contributed by atoms with Crippen molar-refractivity contribution in [1.29, 1.82) is 0 Å². The highest BCUT2D eigenvalue weighted by Gasteiger charge is 2.08. The second-order valence-corrected chi connectivity index (χ2v) is 7.71. The molecule has 13 heteroatoms. The minimum atomic E-state index is 0.00641. The van der Waals surface area contributed by atoms with Gasteiger partial charge in [-0.2, -0.15) is 0 Å². The molecule has 0 atom stereocenters. The van der Waals surface area contributed by atoms with Crippen LogP contribution in [0.2, 0.25) is 0 Å². The van der Waals surface area contributed by atoms with Crippen molar-refractivity contribution in [3.8, 4) is 22.5 Å². The lowest BCUT2D eigenvalue weighted by Gasteiger charge is -2.03. The van der Waals surface area contributed by atoms with E-state index in [-0.39, 0.29) is 19.2 Å². The molecule has 0 saturated carbocycles. The molecule has 0 amide bonds. The van der Waals surface area contributed by atoms with Crippen molar-refractivity contribution in [3.05, 3.63) is 54.7 Å². The predicted molar refractivity (Wildman–Crippen MR) is 131 cm³/mol. The molecule has 0 aliphatic heterocycles. The Hall–Kier alpha value is -3.78. The number of anilines is 1. The lowest BCUT2D eigenvalue weighted by molar-refractivity contribution is 0.0482. The molecular weight excluding hydrogens is 466 g/mol. The first-order chi connectivity index (χ1) is 17.4. The number of aliphatic hydroxyl groups excluding tert-OH is 2. The Morgan fingerprint density at radius 1 is 0.750 bits per heavy atom. The molecule has 36 heavy (non-hydrogen) atoms. The van der Waals surface area contributed by atoms with Gasteiger partial charge >= 0.3 is 0 Å². The van der Waals surface area contributed by atoms with Crippen molar-refractivity contribution >= 4 is 5.95 Å². The molecule has 0 aromatic carbocycles. The lowest BCUT2D eigenvalue weighted by Crippen LogP contribution is -2.03. The van der Waals surface area contributed by atoms with E-state index in [9.17, 15) is 0 Å². The number of imidazole rings is 2. The minimum absolute atomic E-state index is 0.00641. The van der Waals surface area contributed by atoms with E-state index in [1.807, 2.05) is 37.7 Å². The van der Waals surface area contributed by atoms with Gasteiger partial charge in [-0.1, -0.05) is 0 Å². The summed E-state index contributed by atoms with van der Waals surface area (Å²) in [5, 5.41) is 17.2. The first kappa shape index (κ1) is 26.8. The van der Waals surface area contributed by atoms with Crippen LogP contribution in [0.25, 0.3) is 22.5 Å². The third kappa shape index (κ3) is 7.61. The van der Waals surface area contributed by atoms with Crippen molar-refractivity contribution < 1.29 is 19.7 Å². The van der Waals surface area contributed by atoms with E-state index in [0.29, 0.717) is 26.7 Å². The van der Waals surface area contributed by atoms with Gasteiger partial charge in [0, 0.05) is 35.9 Å². The SMILES string of the molecule is Cc1nc(N)ncc1-c1cn(COCCO)cn1.Cc1ncc(-c2cn(COCCO)cn2)c(C)n1. The van der Waals surface area contributed by atoms with Gasteiger partial charge < -0.3 is 34.6 Å². The number of aliphatic hydroxyl groups is 2. The van der Waals surface area contributed by atoms with E-state index in [1.165, 1.54) is 0 Å². The molecule has 0 bridgehead atoms. The Morgan fingerprint density at radius 3 is 1.72 bits per heavy atom. The molecule has 0 radical (unpaired) electrons. The van der Waals surface area contributed by atoms with Crippen LogP contribution in [0.3, 0.4) is 0 Å². The molecule has 4 aromatic heterocycles. The van der Waals surface area contributed by atoms with Crippen LogP contribution in [0.1, 0.15) is 17.2 Å². The number of nitrogen functional groups attached to an aromatic ring is 1. The maximum Gasteiger partial charge on any atom is 0.220 e. The number of aromatic nitrogens is 8. The van der Waals surface area contributed by atoms with Crippen LogP contribution in [-0.4, -0.2) is 75.7 Å². The Balaban J connectivity index is 0.000000201. The molecule has 4 heterocycles. The summed E-state index contributed by atoms with van der Waals surface area (Å²) in [7, 11) is 0. The van der Waals surface area contributed by atoms with Gasteiger partial charge in [-0.25, -0.2) is 29.9 Å². The highest BCUT2D eigenvalue weighted by atomic mass is 16.5. The highest BCUT2D eigenvalue weighted by Crippen LogP contribution is 2.20. The molecule has 0 unspecified atom stereocenters. The molecule has 0 aliphatic carbocycles. The van der Waals surface area contributed by atoms with Crippen molar-refractivity contribution in [2.75, 3.05) is 32.2 Å². The number of nitrogens with zero attached hydrogens (tertiary/aromatic N) is 8. The van der Waals surface area contributed by atoms with E-state index >= 15 is 0 Å². The Labute approximate surface area is 208 Å². The summed E-state index contributed by atoms with van der Waals surface area (Å²) >= 11 is 0. The van der Waals surface area contributed by atoms with Gasteiger partial charge in [0.1, 0.15) is 19.3 Å². The summed E-state index contributed by atoms with van der Waals surface area (Å²) in [6.07, 6.45) is 10.5. The number of hydrogen-bond donors (Lipinski definition) is 3. The molecular formula is C23H31N9O4. The van der Waals surface area contributed by atoms with Crippen molar-refractivity contribution in [1.82, 2.24) is 39.0 Å². The maximum absolute atomic E-state index is 8.62. The molecule has 0 saturated heterocycles. The Bertz CT molecular complexity index is 1150. The van der Waals surface area contributed by atoms with Crippen molar-refractivity contribution in [3.63, 3.8) is 0 Å². The summed E-state index contributed by atoms with van der Waals surface area (Å²) < 4.78 is 14.0. The fraction of sp³-hybridized carbons (Fsp3) is 0.391. The standard InChI is InChI=1S/C12H16N4O2.C11H15N5O2/c1-9-11(5-13-10(2)15-9)12-6-16(7-14-12)8-18-4-3-17;1-8-9(4-13-11(12)15-8)10-5-16(6-14-10)7-18-3-2-17/h5-7,17H,3-4,8H2,1-2H3;4-6,17H,2-3,7H2,1H3,(H2,12,13,15). The van der Waals surface area contributed by atoms with E-state index < -0.39 is 0 Å². The minimum Gasteiger partial charge on any atom is -0.394 e. The van der Waals surface area contributed by atoms with Gasteiger partial charge in [-0.15, -0.1) is 0 Å². The number of aryl methyl sites for hydroxylation is 3. The van der Waals surface area contributed by atoms with Crippen molar-refractivity contribution in [2.45, 2.75) is 34.2 Å². The van der Waals surface area contributed by atoms with Gasteiger partial charge in [0.15, 0.2) is 0 Å². The number of rotatable bonds is 10. The highest BCUT2D eigenvalue weighted by molar-refractivity contribution is 5.60. The normalized spacial score (nSPS) is 10.8. The quantitative estimate of drug-likeness (QED) is 0.268. The van der Waals surface area contributed by atoms with Gasteiger partial charge in [-0.3, -0.25) is 0 Å². The molecule has 0 spiro atoms. The smallest absolute Gasteiger partial charge is 0.220 e.